The third-order valence-corrected chi connectivity index (χ3v) is 6.85. The molecule has 0 radical (unpaired) electrons. The molecule has 3 N–H and O–H groups in total. The molecule has 3 heterocycles. The Balaban J connectivity index is 2.14. The van der Waals surface area contributed by atoms with Gasteiger partial charge in [0.2, 0.25) is 0 Å². The van der Waals surface area contributed by atoms with Crippen LogP contribution in [0, 0.1) is 0 Å². The van der Waals surface area contributed by atoms with Crippen LogP contribution in [0.2, 0.25) is 0 Å². The predicted octanol–water partition coefficient (Wildman–Crippen LogP) is 2.32. The van der Waals surface area contributed by atoms with Crippen LogP contribution in [0.1, 0.15) is 42.6 Å². The van der Waals surface area contributed by atoms with Crippen molar-refractivity contribution < 1.29 is 27.5 Å². The van der Waals surface area contributed by atoms with Gasteiger partial charge in [0.1, 0.15) is 5.78 Å². The van der Waals surface area contributed by atoms with Gasteiger partial charge in [-0.05, 0) is 38.2 Å². The molecule has 1 unspecified atom stereocenters. The van der Waals surface area contributed by atoms with Crippen LogP contribution in [0.3, 0.4) is 0 Å². The molecular weight excluding hydrogens is 414 g/mol. The molecule has 0 amide bonds. The van der Waals surface area contributed by atoms with Crippen LogP contribution in [0.25, 0.3) is 11.0 Å². The van der Waals surface area contributed by atoms with Gasteiger partial charge in [-0.25, -0.2) is 0 Å². The molecule has 2 aliphatic rings. The zero-order chi connectivity index (χ0) is 21.1. The van der Waals surface area contributed by atoms with Crippen LogP contribution in [0.4, 0.5) is 18.9 Å². The lowest BCUT2D eigenvalue weighted by Crippen LogP contribution is -2.41. The molecule has 158 valence electrons. The summed E-state index contributed by atoms with van der Waals surface area (Å²) in [6.45, 7) is 0.828. The Labute approximate surface area is 162 Å². The summed E-state index contributed by atoms with van der Waals surface area (Å²) in [5, 5.41) is 0. The van der Waals surface area contributed by atoms with Crippen molar-refractivity contribution in [2.45, 2.75) is 44.1 Å². The summed E-state index contributed by atoms with van der Waals surface area (Å²) in [6, 6.07) is 0.766. The Hall–Kier alpha value is -2.10. The highest BCUT2D eigenvalue weighted by Gasteiger charge is 2.42. The molecule has 1 aromatic heterocycles. The number of rotatable bonds is 2. The number of aromatic amines is 1. The molecule has 8 nitrogen and oxygen atoms in total. The van der Waals surface area contributed by atoms with Gasteiger partial charge < -0.3 is 19.7 Å². The maximum Gasteiger partial charge on any atom is 0.418 e. The standard InChI is InChI=1S/C17H19F3N3O5P/c18-17(19,20)10-8-11-14-9(13(10)22-6-2-1-3-7-22)4-5-12(29(26,27)28)23(14)16(25)15(24)21-11/h8,12H,1-7H2,(H,21,24)(H2,26,27,28). The molecule has 1 fully saturated rings. The Bertz CT molecular complexity index is 1140. The highest BCUT2D eigenvalue weighted by Crippen LogP contribution is 2.54. The van der Waals surface area contributed by atoms with Crippen molar-refractivity contribution in [3.8, 4) is 0 Å². The highest BCUT2D eigenvalue weighted by atomic mass is 31.2. The van der Waals surface area contributed by atoms with Gasteiger partial charge in [0, 0.05) is 18.7 Å². The molecular formula is C17H19F3N3O5P. The minimum atomic E-state index is -4.82. The van der Waals surface area contributed by atoms with Gasteiger partial charge in [0.15, 0.2) is 0 Å². The number of aromatic nitrogens is 2. The first-order valence-electron chi connectivity index (χ1n) is 9.22. The number of anilines is 1. The van der Waals surface area contributed by atoms with Crippen LogP contribution in [0.15, 0.2) is 15.7 Å². The van der Waals surface area contributed by atoms with E-state index in [1.807, 2.05) is 0 Å². The second kappa shape index (κ2) is 6.72. The summed E-state index contributed by atoms with van der Waals surface area (Å²) in [4.78, 5) is 47.7. The Morgan fingerprint density at radius 1 is 1.14 bits per heavy atom. The summed E-state index contributed by atoms with van der Waals surface area (Å²) in [6.07, 6.45) is -2.64. The quantitative estimate of drug-likeness (QED) is 0.495. The van der Waals surface area contributed by atoms with E-state index in [1.54, 1.807) is 4.90 Å². The first-order valence-corrected chi connectivity index (χ1v) is 10.9. The second-order valence-corrected chi connectivity index (χ2v) is 9.20. The molecule has 2 aromatic rings. The van der Waals surface area contributed by atoms with Crippen LogP contribution in [-0.2, 0) is 17.2 Å². The summed E-state index contributed by atoms with van der Waals surface area (Å²) < 4.78 is 54.3. The van der Waals surface area contributed by atoms with Gasteiger partial charge in [-0.2, -0.15) is 13.2 Å². The van der Waals surface area contributed by atoms with Crippen LogP contribution in [-0.4, -0.2) is 32.4 Å². The first kappa shape index (κ1) is 20.2. The van der Waals surface area contributed by atoms with Crippen LogP contribution >= 0.6 is 7.60 Å². The number of benzene rings is 1. The SMILES string of the molecule is O=c1[nH]c2cc(C(F)(F)F)c(N3CCCCC3)c3c2n(c1=O)C(P(=O)(O)O)CC3. The molecule has 1 atom stereocenters. The first-order chi connectivity index (χ1) is 13.5. The zero-order valence-electron chi connectivity index (χ0n) is 15.2. The largest absolute Gasteiger partial charge is 0.418 e. The number of alkyl halides is 3. The van der Waals surface area contributed by atoms with Crippen molar-refractivity contribution in [2.75, 3.05) is 18.0 Å². The van der Waals surface area contributed by atoms with Gasteiger partial charge in [-0.3, -0.25) is 18.7 Å². The summed E-state index contributed by atoms with van der Waals surface area (Å²) in [5.41, 5.74) is -3.49. The van der Waals surface area contributed by atoms with Gasteiger partial charge in [0.25, 0.3) is 0 Å². The van der Waals surface area contributed by atoms with E-state index in [0.717, 1.165) is 25.3 Å². The molecule has 1 aromatic carbocycles. The normalized spacial score (nSPS) is 20.3. The maximum absolute atomic E-state index is 13.9. The molecule has 0 saturated carbocycles. The smallest absolute Gasteiger partial charge is 0.371 e. The minimum absolute atomic E-state index is 0.0391. The van der Waals surface area contributed by atoms with Crippen molar-refractivity contribution in [1.82, 2.24) is 9.55 Å². The number of hydrogen-bond acceptors (Lipinski definition) is 4. The Kier molecular flexibility index (Phi) is 4.67. The van der Waals surface area contributed by atoms with Gasteiger partial charge in [0.05, 0.1) is 22.3 Å². The average Bonchev–Trinajstić information content (AvgIpc) is 2.64. The lowest BCUT2D eigenvalue weighted by atomic mass is 9.95. The lowest BCUT2D eigenvalue weighted by molar-refractivity contribution is -0.137. The molecule has 12 heteroatoms. The summed E-state index contributed by atoms with van der Waals surface area (Å²) in [7, 11) is -4.82. The van der Waals surface area contributed by atoms with Crippen molar-refractivity contribution in [3.05, 3.63) is 37.9 Å². The number of nitrogens with zero attached hydrogens (tertiary/aromatic N) is 2. The fourth-order valence-corrected chi connectivity index (χ4v) is 5.40. The fourth-order valence-electron chi connectivity index (χ4n) is 4.41. The van der Waals surface area contributed by atoms with E-state index in [9.17, 15) is 37.1 Å². The minimum Gasteiger partial charge on any atom is -0.371 e. The predicted molar refractivity (Wildman–Crippen MR) is 99.3 cm³/mol. The van der Waals surface area contributed by atoms with E-state index >= 15 is 0 Å². The summed E-state index contributed by atoms with van der Waals surface area (Å²) >= 11 is 0. The monoisotopic (exact) mass is 433 g/mol. The number of H-pyrrole nitrogens is 1. The van der Waals surface area contributed by atoms with E-state index in [2.05, 4.69) is 4.98 Å². The maximum atomic E-state index is 13.9. The number of aryl methyl sites for hydroxylation is 1. The van der Waals surface area contributed by atoms with E-state index in [-0.39, 0.29) is 35.1 Å². The van der Waals surface area contributed by atoms with E-state index in [0.29, 0.717) is 17.7 Å². The highest BCUT2D eigenvalue weighted by molar-refractivity contribution is 7.51. The van der Waals surface area contributed by atoms with Crippen molar-refractivity contribution in [2.24, 2.45) is 0 Å². The Morgan fingerprint density at radius 3 is 2.38 bits per heavy atom. The van der Waals surface area contributed by atoms with E-state index in [4.69, 9.17) is 0 Å². The third kappa shape index (κ3) is 3.31. The molecule has 4 rings (SSSR count). The van der Waals surface area contributed by atoms with Crippen molar-refractivity contribution in [3.63, 3.8) is 0 Å². The van der Waals surface area contributed by atoms with Crippen molar-refractivity contribution >= 4 is 24.3 Å². The molecule has 2 aliphatic heterocycles. The lowest BCUT2D eigenvalue weighted by Gasteiger charge is -2.36. The molecule has 0 aliphatic carbocycles. The van der Waals surface area contributed by atoms with Gasteiger partial charge in [-0.1, -0.05) is 0 Å². The topological polar surface area (TPSA) is 116 Å². The molecule has 1 saturated heterocycles. The molecule has 0 bridgehead atoms. The number of hydrogen-bond donors (Lipinski definition) is 3. The molecule has 29 heavy (non-hydrogen) atoms. The second-order valence-electron chi connectivity index (χ2n) is 7.43. The van der Waals surface area contributed by atoms with Crippen LogP contribution < -0.4 is 16.0 Å². The number of nitrogens with one attached hydrogen (secondary N) is 1. The van der Waals surface area contributed by atoms with E-state index in [1.165, 1.54) is 0 Å². The number of halogens is 3. The van der Waals surface area contributed by atoms with Crippen molar-refractivity contribution in [1.29, 1.82) is 0 Å². The average molecular weight is 433 g/mol. The van der Waals surface area contributed by atoms with E-state index < -0.39 is 36.2 Å². The van der Waals surface area contributed by atoms with Gasteiger partial charge >= 0.3 is 24.9 Å². The fraction of sp³-hybridized carbons (Fsp3) is 0.529. The van der Waals surface area contributed by atoms with Crippen LogP contribution in [0.5, 0.6) is 0 Å². The van der Waals surface area contributed by atoms with Gasteiger partial charge in [-0.15, -0.1) is 0 Å². The summed E-state index contributed by atoms with van der Waals surface area (Å²) in [5.74, 6) is -1.58. The third-order valence-electron chi connectivity index (χ3n) is 5.59. The Morgan fingerprint density at radius 2 is 1.79 bits per heavy atom. The zero-order valence-corrected chi connectivity index (χ0v) is 16.1. The molecule has 0 spiro atoms. The number of piperidine rings is 1.